The van der Waals surface area contributed by atoms with Crippen molar-refractivity contribution in [1.82, 2.24) is 5.32 Å². The van der Waals surface area contributed by atoms with Gasteiger partial charge in [0.15, 0.2) is 0 Å². The van der Waals surface area contributed by atoms with Crippen molar-refractivity contribution in [2.45, 2.75) is 39.7 Å². The standard InChI is InChI=1S/C15H24N2O2/c1-11-7-12(2)9-13(8-11)19-6-5-14(18)17-10-15(3,4)16/h7-9H,5-6,10,16H2,1-4H3,(H,17,18). The van der Waals surface area contributed by atoms with E-state index in [1.807, 2.05) is 39.8 Å². The topological polar surface area (TPSA) is 64.3 Å². The van der Waals surface area contributed by atoms with Gasteiger partial charge < -0.3 is 15.8 Å². The maximum atomic E-state index is 11.6. The molecule has 106 valence electrons. The number of hydrogen-bond acceptors (Lipinski definition) is 3. The first kappa shape index (κ1) is 15.5. The van der Waals surface area contributed by atoms with Crippen molar-refractivity contribution in [3.63, 3.8) is 0 Å². The predicted octanol–water partition coefficient (Wildman–Crippen LogP) is 1.93. The molecule has 4 nitrogen and oxygen atoms in total. The number of carbonyl (C=O) groups is 1. The van der Waals surface area contributed by atoms with Gasteiger partial charge in [0.2, 0.25) is 5.91 Å². The second kappa shape index (κ2) is 6.57. The number of rotatable bonds is 6. The molecule has 0 heterocycles. The van der Waals surface area contributed by atoms with Crippen LogP contribution in [0.15, 0.2) is 18.2 Å². The van der Waals surface area contributed by atoms with Crippen LogP contribution >= 0.6 is 0 Å². The summed E-state index contributed by atoms with van der Waals surface area (Å²) in [6, 6.07) is 6.02. The highest BCUT2D eigenvalue weighted by atomic mass is 16.5. The van der Waals surface area contributed by atoms with Crippen molar-refractivity contribution in [2.75, 3.05) is 13.2 Å². The van der Waals surface area contributed by atoms with Crippen LogP contribution in [0.25, 0.3) is 0 Å². The third-order valence-electron chi connectivity index (χ3n) is 2.53. The minimum Gasteiger partial charge on any atom is -0.493 e. The number of amides is 1. The summed E-state index contributed by atoms with van der Waals surface area (Å²) in [5.74, 6) is 0.771. The lowest BCUT2D eigenvalue weighted by atomic mass is 10.1. The molecular formula is C15H24N2O2. The molecule has 0 unspecified atom stereocenters. The maximum Gasteiger partial charge on any atom is 0.223 e. The minimum atomic E-state index is -0.385. The molecule has 1 aromatic rings. The van der Waals surface area contributed by atoms with E-state index in [2.05, 4.69) is 11.4 Å². The van der Waals surface area contributed by atoms with Crippen LogP contribution in [0.2, 0.25) is 0 Å². The van der Waals surface area contributed by atoms with E-state index in [4.69, 9.17) is 10.5 Å². The van der Waals surface area contributed by atoms with E-state index in [0.29, 0.717) is 19.6 Å². The van der Waals surface area contributed by atoms with Crippen molar-refractivity contribution in [3.05, 3.63) is 29.3 Å². The van der Waals surface area contributed by atoms with E-state index >= 15 is 0 Å². The highest BCUT2D eigenvalue weighted by Crippen LogP contribution is 2.16. The fourth-order valence-electron chi connectivity index (χ4n) is 1.69. The van der Waals surface area contributed by atoms with Crippen LogP contribution in [0.1, 0.15) is 31.4 Å². The van der Waals surface area contributed by atoms with Gasteiger partial charge in [-0.05, 0) is 51.0 Å². The molecule has 1 aromatic carbocycles. The fourth-order valence-corrected chi connectivity index (χ4v) is 1.69. The Morgan fingerprint density at radius 2 is 1.84 bits per heavy atom. The number of hydrogen-bond donors (Lipinski definition) is 2. The SMILES string of the molecule is Cc1cc(C)cc(OCCC(=O)NCC(C)(C)N)c1. The number of benzene rings is 1. The predicted molar refractivity (Wildman–Crippen MR) is 77.3 cm³/mol. The minimum absolute atomic E-state index is 0.0390. The van der Waals surface area contributed by atoms with E-state index < -0.39 is 0 Å². The molecule has 0 aliphatic carbocycles. The normalized spacial score (nSPS) is 11.2. The van der Waals surface area contributed by atoms with E-state index in [-0.39, 0.29) is 11.4 Å². The van der Waals surface area contributed by atoms with Crippen LogP contribution in [0.4, 0.5) is 0 Å². The first-order valence-electron chi connectivity index (χ1n) is 6.53. The van der Waals surface area contributed by atoms with Crippen LogP contribution in [0.5, 0.6) is 5.75 Å². The van der Waals surface area contributed by atoms with Crippen LogP contribution in [-0.4, -0.2) is 24.6 Å². The Bertz CT molecular complexity index is 416. The van der Waals surface area contributed by atoms with Gasteiger partial charge in [0.1, 0.15) is 5.75 Å². The first-order chi connectivity index (χ1) is 8.76. The second-order valence-electron chi connectivity index (χ2n) is 5.69. The molecule has 1 rings (SSSR count). The average Bonchev–Trinajstić information content (AvgIpc) is 2.24. The molecule has 0 aliphatic rings. The van der Waals surface area contributed by atoms with Gasteiger partial charge in [-0.15, -0.1) is 0 Å². The first-order valence-corrected chi connectivity index (χ1v) is 6.53. The van der Waals surface area contributed by atoms with Crippen molar-refractivity contribution in [1.29, 1.82) is 0 Å². The van der Waals surface area contributed by atoms with Gasteiger partial charge in [-0.3, -0.25) is 4.79 Å². The van der Waals surface area contributed by atoms with Gasteiger partial charge in [-0.25, -0.2) is 0 Å². The molecule has 0 bridgehead atoms. The summed E-state index contributed by atoms with van der Waals surface area (Å²) in [6.07, 6.45) is 0.336. The van der Waals surface area contributed by atoms with Gasteiger partial charge in [0, 0.05) is 12.1 Å². The lowest BCUT2D eigenvalue weighted by molar-refractivity contribution is -0.121. The van der Waals surface area contributed by atoms with Crippen LogP contribution in [-0.2, 0) is 4.79 Å². The largest absolute Gasteiger partial charge is 0.493 e. The van der Waals surface area contributed by atoms with Gasteiger partial charge in [-0.1, -0.05) is 6.07 Å². The third-order valence-corrected chi connectivity index (χ3v) is 2.53. The quantitative estimate of drug-likeness (QED) is 0.825. The summed E-state index contributed by atoms with van der Waals surface area (Å²) in [6.45, 7) is 8.64. The molecule has 3 N–H and O–H groups in total. The summed E-state index contributed by atoms with van der Waals surface area (Å²) in [5.41, 5.74) is 7.72. The molecule has 0 saturated heterocycles. The van der Waals surface area contributed by atoms with E-state index in [0.717, 1.165) is 16.9 Å². The summed E-state index contributed by atoms with van der Waals surface area (Å²) >= 11 is 0. The number of ether oxygens (including phenoxy) is 1. The lowest BCUT2D eigenvalue weighted by Crippen LogP contribution is -2.45. The molecule has 0 radical (unpaired) electrons. The van der Waals surface area contributed by atoms with Gasteiger partial charge in [-0.2, -0.15) is 0 Å². The van der Waals surface area contributed by atoms with Gasteiger partial charge in [0.25, 0.3) is 0 Å². The van der Waals surface area contributed by atoms with Gasteiger partial charge >= 0.3 is 0 Å². The number of carbonyl (C=O) groups excluding carboxylic acids is 1. The van der Waals surface area contributed by atoms with Crippen LogP contribution in [0.3, 0.4) is 0 Å². The number of nitrogens with one attached hydrogen (secondary N) is 1. The van der Waals surface area contributed by atoms with Crippen LogP contribution in [0, 0.1) is 13.8 Å². The van der Waals surface area contributed by atoms with Crippen molar-refractivity contribution in [2.24, 2.45) is 5.73 Å². The van der Waals surface area contributed by atoms with Gasteiger partial charge in [0.05, 0.1) is 13.0 Å². The Kier molecular flexibility index (Phi) is 5.36. The molecule has 0 atom stereocenters. The summed E-state index contributed by atoms with van der Waals surface area (Å²) in [7, 11) is 0. The molecule has 4 heteroatoms. The Hall–Kier alpha value is -1.55. The number of nitrogens with two attached hydrogens (primary N) is 1. The van der Waals surface area contributed by atoms with E-state index in [1.165, 1.54) is 0 Å². The highest BCUT2D eigenvalue weighted by molar-refractivity contribution is 5.76. The average molecular weight is 264 g/mol. The van der Waals surface area contributed by atoms with E-state index in [9.17, 15) is 4.79 Å². The molecule has 0 saturated carbocycles. The Balaban J connectivity index is 2.32. The summed E-state index contributed by atoms with van der Waals surface area (Å²) in [5, 5.41) is 2.79. The fraction of sp³-hybridized carbons (Fsp3) is 0.533. The molecule has 0 spiro atoms. The summed E-state index contributed by atoms with van der Waals surface area (Å²) < 4.78 is 5.58. The Labute approximate surface area is 115 Å². The highest BCUT2D eigenvalue weighted by Gasteiger charge is 2.12. The number of aryl methyl sites for hydroxylation is 2. The van der Waals surface area contributed by atoms with Crippen molar-refractivity contribution in [3.8, 4) is 5.75 Å². The molecule has 0 aromatic heterocycles. The third kappa shape index (κ3) is 6.82. The van der Waals surface area contributed by atoms with E-state index in [1.54, 1.807) is 0 Å². The zero-order valence-corrected chi connectivity index (χ0v) is 12.2. The molecule has 19 heavy (non-hydrogen) atoms. The molecule has 0 aliphatic heterocycles. The Morgan fingerprint density at radius 1 is 1.26 bits per heavy atom. The van der Waals surface area contributed by atoms with Crippen LogP contribution < -0.4 is 15.8 Å². The maximum absolute atomic E-state index is 11.6. The summed E-state index contributed by atoms with van der Waals surface area (Å²) in [4.78, 5) is 11.6. The lowest BCUT2D eigenvalue weighted by Gasteiger charge is -2.18. The zero-order chi connectivity index (χ0) is 14.5. The molecule has 0 fully saturated rings. The smallest absolute Gasteiger partial charge is 0.223 e. The molecule has 1 amide bonds. The molecular weight excluding hydrogens is 240 g/mol. The van der Waals surface area contributed by atoms with Crippen molar-refractivity contribution >= 4 is 5.91 Å². The zero-order valence-electron chi connectivity index (χ0n) is 12.2. The monoisotopic (exact) mass is 264 g/mol. The Morgan fingerprint density at radius 3 is 2.37 bits per heavy atom. The van der Waals surface area contributed by atoms with Crippen molar-refractivity contribution < 1.29 is 9.53 Å². The second-order valence-corrected chi connectivity index (χ2v) is 5.69.